The highest BCUT2D eigenvalue weighted by molar-refractivity contribution is 6.00. The van der Waals surface area contributed by atoms with Crippen LogP contribution in [-0.4, -0.2) is 88.5 Å². The molecule has 1 aliphatic heterocycles. The second-order valence-corrected chi connectivity index (χ2v) is 13.2. The SMILES string of the molecule is CCC(=O)N[C@H](Cc1ccc(NC(=O)[C@H](C2CCCCC2)N(C=O)c2ccnn2C)cc1)C(=O)N1CCN(C)C[C@H]1Cc1ccccc1. The number of anilines is 2. The quantitative estimate of drug-likeness (QED) is 0.271. The van der Waals surface area contributed by atoms with Crippen molar-refractivity contribution in [2.75, 3.05) is 36.9 Å². The molecule has 2 heterocycles. The number of carbonyl (C=O) groups excluding carboxylic acids is 4. The molecule has 5 rings (SSSR count). The van der Waals surface area contributed by atoms with E-state index in [0.717, 1.165) is 63.6 Å². The van der Waals surface area contributed by atoms with Crippen LogP contribution in [0.4, 0.5) is 11.5 Å². The van der Waals surface area contributed by atoms with Gasteiger partial charge in [0.2, 0.25) is 24.1 Å². The highest BCUT2D eigenvalue weighted by Gasteiger charge is 2.37. The van der Waals surface area contributed by atoms with E-state index in [-0.39, 0.29) is 36.1 Å². The molecule has 1 saturated heterocycles. The van der Waals surface area contributed by atoms with Crippen molar-refractivity contribution in [2.45, 2.75) is 76.4 Å². The highest BCUT2D eigenvalue weighted by Crippen LogP contribution is 2.32. The summed E-state index contributed by atoms with van der Waals surface area (Å²) in [4.78, 5) is 58.6. The van der Waals surface area contributed by atoms with E-state index in [1.165, 1.54) is 10.5 Å². The van der Waals surface area contributed by atoms with Crippen molar-refractivity contribution in [1.82, 2.24) is 24.9 Å². The Bertz CT molecular complexity index is 1520. The van der Waals surface area contributed by atoms with Gasteiger partial charge in [0.1, 0.15) is 17.9 Å². The van der Waals surface area contributed by atoms with Crippen molar-refractivity contribution in [1.29, 1.82) is 0 Å². The molecule has 4 amide bonds. The van der Waals surface area contributed by atoms with Crippen molar-refractivity contribution in [2.24, 2.45) is 13.0 Å². The summed E-state index contributed by atoms with van der Waals surface area (Å²) in [5.74, 6) is 0.107. The third-order valence-corrected chi connectivity index (χ3v) is 9.74. The minimum Gasteiger partial charge on any atom is -0.344 e. The van der Waals surface area contributed by atoms with E-state index in [9.17, 15) is 19.2 Å². The van der Waals surface area contributed by atoms with Crippen LogP contribution < -0.4 is 15.5 Å². The predicted molar refractivity (Wildman–Crippen MR) is 186 cm³/mol. The number of hydrogen-bond acceptors (Lipinski definition) is 6. The maximum atomic E-state index is 14.1. The Morgan fingerprint density at radius 3 is 2.33 bits per heavy atom. The van der Waals surface area contributed by atoms with Crippen LogP contribution >= 0.6 is 0 Å². The Morgan fingerprint density at radius 1 is 0.958 bits per heavy atom. The summed E-state index contributed by atoms with van der Waals surface area (Å²) in [6.07, 6.45) is 8.62. The standard InChI is InChI=1S/C37H49N7O4/c1-4-33(46)40-32(37(48)43-22-21-41(2)25-31(43)23-27-11-7-5-8-12-27)24-28-15-17-30(18-16-28)39-36(47)35(29-13-9-6-10-14-29)44(26-45)34-19-20-38-42(34)3/h5,7-8,11-12,15-20,26,29,31-32,35H,4,6,9-10,13-14,21-25H2,1-3H3,(H,39,47)(H,40,46)/t31-,32-,35+/m1/s1. The normalized spacial score (nSPS) is 18.5. The molecule has 2 aromatic carbocycles. The first-order valence-corrected chi connectivity index (χ1v) is 17.2. The topological polar surface area (TPSA) is 120 Å². The minimum atomic E-state index is -0.713. The number of amides is 4. The smallest absolute Gasteiger partial charge is 0.247 e. The van der Waals surface area contributed by atoms with Gasteiger partial charge in [0.15, 0.2) is 0 Å². The lowest BCUT2D eigenvalue weighted by molar-refractivity contribution is -0.140. The molecule has 0 radical (unpaired) electrons. The zero-order chi connectivity index (χ0) is 34.0. The molecule has 1 aliphatic carbocycles. The molecule has 1 saturated carbocycles. The number of carbonyl (C=O) groups is 4. The van der Waals surface area contributed by atoms with E-state index in [1.54, 1.807) is 30.9 Å². The average Bonchev–Trinajstić information content (AvgIpc) is 3.53. The Kier molecular flexibility index (Phi) is 12.0. The highest BCUT2D eigenvalue weighted by atomic mass is 16.2. The maximum Gasteiger partial charge on any atom is 0.247 e. The van der Waals surface area contributed by atoms with Crippen LogP contribution in [0.5, 0.6) is 0 Å². The first-order chi connectivity index (χ1) is 23.3. The third-order valence-electron chi connectivity index (χ3n) is 9.74. The lowest BCUT2D eigenvalue weighted by Gasteiger charge is -2.41. The zero-order valence-electron chi connectivity index (χ0n) is 28.4. The van der Waals surface area contributed by atoms with Crippen LogP contribution in [0, 0.1) is 5.92 Å². The molecule has 48 heavy (non-hydrogen) atoms. The molecule has 2 N–H and O–H groups in total. The van der Waals surface area contributed by atoms with Crippen molar-refractivity contribution in [3.63, 3.8) is 0 Å². The van der Waals surface area contributed by atoms with E-state index in [0.29, 0.717) is 24.5 Å². The van der Waals surface area contributed by atoms with Gasteiger partial charge in [-0.25, -0.2) is 0 Å². The fourth-order valence-corrected chi connectivity index (χ4v) is 7.13. The van der Waals surface area contributed by atoms with Crippen molar-refractivity contribution in [3.05, 3.63) is 78.0 Å². The van der Waals surface area contributed by atoms with Gasteiger partial charge in [0.05, 0.1) is 6.20 Å². The van der Waals surface area contributed by atoms with E-state index >= 15 is 0 Å². The Labute approximate surface area is 283 Å². The Morgan fingerprint density at radius 2 is 1.69 bits per heavy atom. The van der Waals surface area contributed by atoms with Gasteiger partial charge in [0.25, 0.3) is 0 Å². The summed E-state index contributed by atoms with van der Waals surface area (Å²) in [5.41, 5.74) is 2.64. The zero-order valence-corrected chi connectivity index (χ0v) is 28.4. The van der Waals surface area contributed by atoms with Crippen LogP contribution in [-0.2, 0) is 39.1 Å². The van der Waals surface area contributed by atoms with Crippen LogP contribution in [0.3, 0.4) is 0 Å². The van der Waals surface area contributed by atoms with Crippen LogP contribution in [0.15, 0.2) is 66.9 Å². The molecule has 2 aliphatic rings. The molecule has 2 fully saturated rings. The van der Waals surface area contributed by atoms with Gasteiger partial charge >= 0.3 is 0 Å². The average molecular weight is 656 g/mol. The maximum absolute atomic E-state index is 14.1. The summed E-state index contributed by atoms with van der Waals surface area (Å²) < 4.78 is 1.60. The monoisotopic (exact) mass is 655 g/mol. The molecule has 11 heteroatoms. The molecule has 3 aromatic rings. The van der Waals surface area contributed by atoms with E-state index < -0.39 is 12.1 Å². The molecule has 0 bridgehead atoms. The van der Waals surface area contributed by atoms with Crippen molar-refractivity contribution in [3.8, 4) is 0 Å². The van der Waals surface area contributed by atoms with Gasteiger partial charge in [-0.05, 0) is 55.5 Å². The first-order valence-electron chi connectivity index (χ1n) is 17.2. The predicted octanol–water partition coefficient (Wildman–Crippen LogP) is 3.79. The minimum absolute atomic E-state index is 0.00773. The Balaban J connectivity index is 1.31. The summed E-state index contributed by atoms with van der Waals surface area (Å²) in [5, 5.41) is 10.2. The molecule has 0 unspecified atom stereocenters. The number of aryl methyl sites for hydroxylation is 1. The van der Waals surface area contributed by atoms with Gasteiger partial charge in [-0.1, -0.05) is 68.7 Å². The molecule has 3 atom stereocenters. The molecule has 256 valence electrons. The molecule has 0 spiro atoms. The van der Waals surface area contributed by atoms with Gasteiger partial charge in [-0.15, -0.1) is 0 Å². The van der Waals surface area contributed by atoms with Gasteiger partial charge in [-0.3, -0.25) is 28.8 Å². The Hall–Kier alpha value is -4.51. The van der Waals surface area contributed by atoms with Gasteiger partial charge < -0.3 is 20.4 Å². The number of rotatable bonds is 13. The number of benzene rings is 2. The van der Waals surface area contributed by atoms with Crippen molar-refractivity contribution < 1.29 is 19.2 Å². The fraction of sp³-hybridized carbons (Fsp3) is 0.486. The lowest BCUT2D eigenvalue weighted by atomic mass is 9.82. The molecule has 11 nitrogen and oxygen atoms in total. The number of nitrogens with one attached hydrogen (secondary N) is 2. The number of nitrogens with zero attached hydrogens (tertiary/aromatic N) is 5. The van der Waals surface area contributed by atoms with Crippen LogP contribution in [0.2, 0.25) is 0 Å². The summed E-state index contributed by atoms with van der Waals surface area (Å²) in [6.45, 7) is 3.90. The van der Waals surface area contributed by atoms with Gasteiger partial charge in [0, 0.05) is 57.3 Å². The van der Waals surface area contributed by atoms with E-state index in [1.807, 2.05) is 47.4 Å². The molecular weight excluding hydrogens is 606 g/mol. The van der Waals surface area contributed by atoms with E-state index in [2.05, 4.69) is 39.8 Å². The van der Waals surface area contributed by atoms with Crippen LogP contribution in [0.1, 0.15) is 56.6 Å². The second kappa shape index (κ2) is 16.5. The number of piperazine rings is 1. The molecular formula is C37H49N7O4. The first kappa shape index (κ1) is 34.8. The second-order valence-electron chi connectivity index (χ2n) is 13.2. The van der Waals surface area contributed by atoms with Gasteiger partial charge in [-0.2, -0.15) is 5.10 Å². The van der Waals surface area contributed by atoms with Crippen molar-refractivity contribution >= 4 is 35.6 Å². The number of hydrogen-bond donors (Lipinski definition) is 2. The number of likely N-dealkylation sites (N-methyl/N-ethyl adjacent to an activating group) is 1. The summed E-state index contributed by atoms with van der Waals surface area (Å²) in [7, 11) is 3.83. The summed E-state index contributed by atoms with van der Waals surface area (Å²) in [6, 6.07) is 17.9. The molecule has 1 aromatic heterocycles. The summed E-state index contributed by atoms with van der Waals surface area (Å²) >= 11 is 0. The third kappa shape index (κ3) is 8.69. The fourth-order valence-electron chi connectivity index (χ4n) is 7.13. The lowest BCUT2D eigenvalue weighted by Crippen LogP contribution is -2.60. The number of aromatic nitrogens is 2. The van der Waals surface area contributed by atoms with Crippen LogP contribution in [0.25, 0.3) is 0 Å². The largest absolute Gasteiger partial charge is 0.344 e. The van der Waals surface area contributed by atoms with E-state index in [4.69, 9.17) is 0 Å².